The van der Waals surface area contributed by atoms with E-state index in [9.17, 15) is 4.39 Å². The second kappa shape index (κ2) is 6.07. The van der Waals surface area contributed by atoms with Gasteiger partial charge in [0.05, 0.1) is 10.9 Å². The largest absolute Gasteiger partial charge is 0.487 e. The fourth-order valence-electron chi connectivity index (χ4n) is 1.52. The third-order valence-electron chi connectivity index (χ3n) is 2.48. The standard InChI is InChI=1S/C14H11Cl2FO/c15-8-11-6-12(16)14(7-13(11)17)18-9-10-4-2-1-3-5-10/h1-7H,8-9H2. The van der Waals surface area contributed by atoms with Crippen molar-refractivity contribution in [1.29, 1.82) is 0 Å². The number of hydrogen-bond donors (Lipinski definition) is 0. The first kappa shape index (κ1) is 13.2. The van der Waals surface area contributed by atoms with Crippen LogP contribution in [0.15, 0.2) is 42.5 Å². The predicted molar refractivity (Wildman–Crippen MR) is 71.7 cm³/mol. The Balaban J connectivity index is 2.13. The van der Waals surface area contributed by atoms with Crippen molar-refractivity contribution in [2.45, 2.75) is 12.5 Å². The number of hydrogen-bond acceptors (Lipinski definition) is 1. The van der Waals surface area contributed by atoms with Gasteiger partial charge in [0.25, 0.3) is 0 Å². The summed E-state index contributed by atoms with van der Waals surface area (Å²) in [7, 11) is 0. The quantitative estimate of drug-likeness (QED) is 0.733. The molecule has 0 heterocycles. The molecule has 0 atom stereocenters. The Morgan fingerprint density at radius 3 is 2.50 bits per heavy atom. The van der Waals surface area contributed by atoms with Gasteiger partial charge in [-0.1, -0.05) is 41.9 Å². The average Bonchev–Trinajstić information content (AvgIpc) is 2.40. The summed E-state index contributed by atoms with van der Waals surface area (Å²) in [6.07, 6.45) is 0. The summed E-state index contributed by atoms with van der Waals surface area (Å²) < 4.78 is 19.0. The molecular weight excluding hydrogens is 274 g/mol. The lowest BCUT2D eigenvalue weighted by atomic mass is 10.2. The molecule has 1 nitrogen and oxygen atoms in total. The Morgan fingerprint density at radius 1 is 1.11 bits per heavy atom. The van der Waals surface area contributed by atoms with Crippen LogP contribution >= 0.6 is 23.2 Å². The summed E-state index contributed by atoms with van der Waals surface area (Å²) in [6.45, 7) is 0.347. The molecule has 0 aliphatic carbocycles. The molecular formula is C14H11Cl2FO. The molecule has 0 N–H and O–H groups in total. The summed E-state index contributed by atoms with van der Waals surface area (Å²) in [5.74, 6) is 0.00851. The monoisotopic (exact) mass is 284 g/mol. The van der Waals surface area contributed by atoms with Gasteiger partial charge in [0.1, 0.15) is 18.2 Å². The van der Waals surface area contributed by atoms with E-state index >= 15 is 0 Å². The van der Waals surface area contributed by atoms with E-state index in [1.54, 1.807) is 0 Å². The highest BCUT2D eigenvalue weighted by atomic mass is 35.5. The lowest BCUT2D eigenvalue weighted by molar-refractivity contribution is 0.304. The van der Waals surface area contributed by atoms with E-state index in [0.29, 0.717) is 22.9 Å². The first-order valence-corrected chi connectivity index (χ1v) is 6.32. The second-order valence-electron chi connectivity index (χ2n) is 3.78. The third kappa shape index (κ3) is 3.15. The van der Waals surface area contributed by atoms with Crippen molar-refractivity contribution in [2.75, 3.05) is 0 Å². The van der Waals surface area contributed by atoms with E-state index in [-0.39, 0.29) is 5.88 Å². The van der Waals surface area contributed by atoms with Crippen LogP contribution in [0.25, 0.3) is 0 Å². The van der Waals surface area contributed by atoms with Crippen LogP contribution in [-0.2, 0) is 12.5 Å². The Labute approximate surface area is 115 Å². The van der Waals surface area contributed by atoms with Crippen molar-refractivity contribution < 1.29 is 9.13 Å². The van der Waals surface area contributed by atoms with Crippen molar-refractivity contribution in [3.05, 3.63) is 64.4 Å². The van der Waals surface area contributed by atoms with Crippen molar-refractivity contribution in [2.24, 2.45) is 0 Å². The zero-order valence-electron chi connectivity index (χ0n) is 9.50. The molecule has 0 spiro atoms. The number of alkyl halides is 1. The zero-order valence-corrected chi connectivity index (χ0v) is 11.0. The van der Waals surface area contributed by atoms with Gasteiger partial charge in [0, 0.05) is 11.6 Å². The Hall–Kier alpha value is -1.25. The number of halogens is 3. The predicted octanol–water partition coefficient (Wildman–Crippen LogP) is 4.80. The van der Waals surface area contributed by atoms with Crippen molar-refractivity contribution in [1.82, 2.24) is 0 Å². The van der Waals surface area contributed by atoms with Crippen LogP contribution in [0.2, 0.25) is 5.02 Å². The van der Waals surface area contributed by atoms with Gasteiger partial charge < -0.3 is 4.74 Å². The van der Waals surface area contributed by atoms with Gasteiger partial charge in [-0.3, -0.25) is 0 Å². The summed E-state index contributed by atoms with van der Waals surface area (Å²) in [6, 6.07) is 12.4. The minimum absolute atomic E-state index is 0.0878. The molecule has 0 amide bonds. The highest BCUT2D eigenvalue weighted by molar-refractivity contribution is 6.32. The molecule has 0 saturated heterocycles. The Morgan fingerprint density at radius 2 is 1.83 bits per heavy atom. The number of benzene rings is 2. The van der Waals surface area contributed by atoms with Gasteiger partial charge in [0.15, 0.2) is 0 Å². The second-order valence-corrected chi connectivity index (χ2v) is 4.46. The first-order valence-electron chi connectivity index (χ1n) is 5.41. The lowest BCUT2D eigenvalue weighted by Gasteiger charge is -2.09. The molecule has 18 heavy (non-hydrogen) atoms. The molecule has 0 aliphatic heterocycles. The minimum Gasteiger partial charge on any atom is -0.487 e. The molecule has 4 heteroatoms. The fourth-order valence-corrected chi connectivity index (χ4v) is 1.96. The van der Waals surface area contributed by atoms with Crippen LogP contribution in [0.1, 0.15) is 11.1 Å². The maximum absolute atomic E-state index is 13.5. The highest BCUT2D eigenvalue weighted by Crippen LogP contribution is 2.29. The van der Waals surface area contributed by atoms with E-state index in [4.69, 9.17) is 27.9 Å². The number of ether oxygens (including phenoxy) is 1. The molecule has 94 valence electrons. The van der Waals surface area contributed by atoms with Crippen LogP contribution in [0.3, 0.4) is 0 Å². The van der Waals surface area contributed by atoms with E-state index in [1.165, 1.54) is 12.1 Å². The van der Waals surface area contributed by atoms with Crippen LogP contribution in [-0.4, -0.2) is 0 Å². The highest BCUT2D eigenvalue weighted by Gasteiger charge is 2.09. The molecule has 2 rings (SSSR count). The topological polar surface area (TPSA) is 9.23 Å². The van der Waals surface area contributed by atoms with Crippen LogP contribution in [0.5, 0.6) is 5.75 Å². The van der Waals surface area contributed by atoms with Gasteiger partial charge in [-0.2, -0.15) is 0 Å². The van der Waals surface area contributed by atoms with Crippen molar-refractivity contribution in [3.63, 3.8) is 0 Å². The lowest BCUT2D eigenvalue weighted by Crippen LogP contribution is -1.97. The summed E-state index contributed by atoms with van der Waals surface area (Å²) in [4.78, 5) is 0. The van der Waals surface area contributed by atoms with Crippen LogP contribution in [0.4, 0.5) is 4.39 Å². The maximum atomic E-state index is 13.5. The average molecular weight is 285 g/mol. The molecule has 0 aliphatic rings. The van der Waals surface area contributed by atoms with Gasteiger partial charge in [-0.15, -0.1) is 11.6 Å². The maximum Gasteiger partial charge on any atom is 0.141 e. The molecule has 2 aromatic carbocycles. The molecule has 2 aromatic rings. The normalized spacial score (nSPS) is 10.4. The SMILES string of the molecule is Fc1cc(OCc2ccccc2)c(Cl)cc1CCl. The van der Waals surface area contributed by atoms with Crippen LogP contribution in [0, 0.1) is 5.82 Å². The van der Waals surface area contributed by atoms with E-state index in [2.05, 4.69) is 0 Å². The molecule has 0 aromatic heterocycles. The molecule has 0 radical (unpaired) electrons. The Kier molecular flexibility index (Phi) is 4.45. The van der Waals surface area contributed by atoms with Crippen LogP contribution < -0.4 is 4.74 Å². The zero-order chi connectivity index (χ0) is 13.0. The van der Waals surface area contributed by atoms with Crippen molar-refractivity contribution >= 4 is 23.2 Å². The Bertz CT molecular complexity index is 529. The third-order valence-corrected chi connectivity index (χ3v) is 3.07. The fraction of sp³-hybridized carbons (Fsp3) is 0.143. The van der Waals surface area contributed by atoms with Crippen molar-refractivity contribution in [3.8, 4) is 5.75 Å². The van der Waals surface area contributed by atoms with Gasteiger partial charge >= 0.3 is 0 Å². The van der Waals surface area contributed by atoms with Gasteiger partial charge in [0.2, 0.25) is 0 Å². The molecule has 0 bridgehead atoms. The van der Waals surface area contributed by atoms with Gasteiger partial charge in [-0.25, -0.2) is 4.39 Å². The summed E-state index contributed by atoms with van der Waals surface area (Å²) in [5.41, 5.74) is 1.36. The minimum atomic E-state index is -0.405. The molecule has 0 saturated carbocycles. The van der Waals surface area contributed by atoms with E-state index < -0.39 is 5.82 Å². The van der Waals surface area contributed by atoms with E-state index in [1.807, 2.05) is 30.3 Å². The summed E-state index contributed by atoms with van der Waals surface area (Å²) >= 11 is 11.6. The smallest absolute Gasteiger partial charge is 0.141 e. The molecule has 0 fully saturated rings. The molecule has 0 unspecified atom stereocenters. The summed E-state index contributed by atoms with van der Waals surface area (Å²) in [5, 5.41) is 0.364. The number of rotatable bonds is 4. The van der Waals surface area contributed by atoms with Gasteiger partial charge in [-0.05, 0) is 11.6 Å². The first-order chi connectivity index (χ1) is 8.70. The van der Waals surface area contributed by atoms with E-state index in [0.717, 1.165) is 5.56 Å².